The van der Waals surface area contributed by atoms with Gasteiger partial charge in [0.2, 0.25) is 6.08 Å². The number of phenols is 1. The zero-order valence-corrected chi connectivity index (χ0v) is 9.10. The van der Waals surface area contributed by atoms with Gasteiger partial charge in [-0.3, -0.25) is 0 Å². The highest BCUT2D eigenvalue weighted by molar-refractivity contribution is 5.37. The molecule has 16 heavy (non-hydrogen) atoms. The third-order valence-electron chi connectivity index (χ3n) is 3.25. The summed E-state index contributed by atoms with van der Waals surface area (Å²) < 4.78 is 0. The van der Waals surface area contributed by atoms with Crippen LogP contribution in [0.2, 0.25) is 0 Å². The van der Waals surface area contributed by atoms with Crippen LogP contribution in [0.25, 0.3) is 0 Å². The van der Waals surface area contributed by atoms with E-state index in [9.17, 15) is 9.90 Å². The number of aromatic hydroxyl groups is 1. The molecule has 1 aliphatic rings. The van der Waals surface area contributed by atoms with Gasteiger partial charge in [-0.05, 0) is 36.5 Å². The second-order valence-corrected chi connectivity index (χ2v) is 4.30. The Bertz CT molecular complexity index is 404. The summed E-state index contributed by atoms with van der Waals surface area (Å²) in [7, 11) is 0. The van der Waals surface area contributed by atoms with Gasteiger partial charge in [-0.2, -0.15) is 4.99 Å². The third-order valence-corrected chi connectivity index (χ3v) is 3.25. The summed E-state index contributed by atoms with van der Waals surface area (Å²) in [4.78, 5) is 14.4. The first kappa shape index (κ1) is 10.9. The van der Waals surface area contributed by atoms with Gasteiger partial charge in [-0.25, -0.2) is 4.79 Å². The molecule has 1 aliphatic carbocycles. The molecule has 1 saturated carbocycles. The van der Waals surface area contributed by atoms with Crippen molar-refractivity contribution in [2.75, 3.05) is 0 Å². The zero-order chi connectivity index (χ0) is 11.4. The number of nitrogens with zero attached hydrogens (tertiary/aromatic N) is 1. The molecule has 0 heterocycles. The molecule has 1 aromatic carbocycles. The Morgan fingerprint density at radius 3 is 2.75 bits per heavy atom. The van der Waals surface area contributed by atoms with Crippen molar-refractivity contribution >= 4 is 6.08 Å². The first-order chi connectivity index (χ1) is 7.81. The molecule has 2 rings (SSSR count). The summed E-state index contributed by atoms with van der Waals surface area (Å²) in [5.74, 6) is 0.643. The van der Waals surface area contributed by atoms with Crippen LogP contribution in [0.5, 0.6) is 5.75 Å². The summed E-state index contributed by atoms with van der Waals surface area (Å²) in [5, 5.41) is 9.43. The van der Waals surface area contributed by atoms with Crippen molar-refractivity contribution in [3.8, 4) is 5.75 Å². The van der Waals surface area contributed by atoms with Crippen molar-refractivity contribution in [3.63, 3.8) is 0 Å². The fraction of sp³-hybridized carbons (Fsp3) is 0.462. The van der Waals surface area contributed by atoms with Gasteiger partial charge in [-0.1, -0.05) is 25.0 Å². The molecule has 1 unspecified atom stereocenters. The average Bonchev–Trinajstić information content (AvgIpc) is 2.79. The van der Waals surface area contributed by atoms with E-state index < -0.39 is 0 Å². The van der Waals surface area contributed by atoms with Gasteiger partial charge in [0.15, 0.2) is 0 Å². The fourth-order valence-electron chi connectivity index (χ4n) is 2.49. The molecule has 0 amide bonds. The molecule has 0 aromatic heterocycles. The number of hydrogen-bond donors (Lipinski definition) is 1. The third kappa shape index (κ3) is 2.31. The van der Waals surface area contributed by atoms with Gasteiger partial charge in [-0.15, -0.1) is 0 Å². The van der Waals surface area contributed by atoms with Crippen LogP contribution < -0.4 is 0 Å². The standard InChI is InChI=1S/C13H15NO2/c15-9-14-13(10-4-1-2-5-10)11-6-3-7-12(16)8-11/h3,6-8,10,13,16H,1-2,4-5H2. The number of isocyanates is 1. The van der Waals surface area contributed by atoms with Crippen molar-refractivity contribution in [1.29, 1.82) is 0 Å². The maximum atomic E-state index is 10.5. The Balaban J connectivity index is 2.27. The minimum Gasteiger partial charge on any atom is -0.508 e. The number of rotatable bonds is 3. The second kappa shape index (κ2) is 4.95. The Hall–Kier alpha value is -1.60. The second-order valence-electron chi connectivity index (χ2n) is 4.30. The zero-order valence-electron chi connectivity index (χ0n) is 9.10. The highest BCUT2D eigenvalue weighted by Gasteiger charge is 2.26. The number of benzene rings is 1. The SMILES string of the molecule is O=C=NC(c1cccc(O)c1)C1CCCC1. The van der Waals surface area contributed by atoms with Crippen molar-refractivity contribution in [3.05, 3.63) is 29.8 Å². The summed E-state index contributed by atoms with van der Waals surface area (Å²) >= 11 is 0. The maximum Gasteiger partial charge on any atom is 0.235 e. The fourth-order valence-corrected chi connectivity index (χ4v) is 2.49. The number of hydrogen-bond acceptors (Lipinski definition) is 3. The highest BCUT2D eigenvalue weighted by Crippen LogP contribution is 2.38. The average molecular weight is 217 g/mol. The lowest BCUT2D eigenvalue weighted by atomic mass is 9.92. The van der Waals surface area contributed by atoms with Crippen LogP contribution in [-0.2, 0) is 4.79 Å². The smallest absolute Gasteiger partial charge is 0.235 e. The predicted octanol–water partition coefficient (Wildman–Crippen LogP) is 2.96. The summed E-state index contributed by atoms with van der Waals surface area (Å²) in [6.07, 6.45) is 6.27. The molecule has 0 aliphatic heterocycles. The van der Waals surface area contributed by atoms with Gasteiger partial charge in [0.1, 0.15) is 5.75 Å². The lowest BCUT2D eigenvalue weighted by molar-refractivity contribution is 0.436. The molecule has 1 aromatic rings. The Labute approximate surface area is 94.8 Å². The van der Waals surface area contributed by atoms with Crippen molar-refractivity contribution in [2.45, 2.75) is 31.7 Å². The van der Waals surface area contributed by atoms with E-state index in [4.69, 9.17) is 0 Å². The highest BCUT2D eigenvalue weighted by atomic mass is 16.3. The molecular weight excluding hydrogens is 202 g/mol. The van der Waals surface area contributed by atoms with Crippen LogP contribution in [0, 0.1) is 5.92 Å². The molecule has 0 saturated heterocycles. The molecule has 3 nitrogen and oxygen atoms in total. The van der Waals surface area contributed by atoms with Gasteiger partial charge in [0.05, 0.1) is 6.04 Å². The van der Waals surface area contributed by atoms with Gasteiger partial charge in [0, 0.05) is 0 Å². The minimum atomic E-state index is -0.132. The van der Waals surface area contributed by atoms with E-state index in [0.717, 1.165) is 18.4 Å². The van der Waals surface area contributed by atoms with Crippen LogP contribution in [0.15, 0.2) is 29.3 Å². The molecule has 1 atom stereocenters. The van der Waals surface area contributed by atoms with Gasteiger partial charge >= 0.3 is 0 Å². The molecule has 0 spiro atoms. The van der Waals surface area contributed by atoms with Crippen LogP contribution in [-0.4, -0.2) is 11.2 Å². The molecule has 1 N–H and O–H groups in total. The Kier molecular flexibility index (Phi) is 3.37. The summed E-state index contributed by atoms with van der Waals surface area (Å²) in [5.41, 5.74) is 0.912. The minimum absolute atomic E-state index is 0.132. The van der Waals surface area contributed by atoms with E-state index in [1.54, 1.807) is 24.3 Å². The number of carbonyl (C=O) groups excluding carboxylic acids is 1. The monoisotopic (exact) mass is 217 g/mol. The number of phenolic OH excluding ortho intramolecular Hbond substituents is 1. The van der Waals surface area contributed by atoms with E-state index in [1.165, 1.54) is 12.8 Å². The number of aliphatic imine (C=N–C) groups is 1. The maximum absolute atomic E-state index is 10.5. The largest absolute Gasteiger partial charge is 0.508 e. The summed E-state index contributed by atoms with van der Waals surface area (Å²) in [6, 6.07) is 6.87. The molecule has 0 radical (unpaired) electrons. The van der Waals surface area contributed by atoms with Crippen LogP contribution in [0.4, 0.5) is 0 Å². The molecular formula is C13H15NO2. The molecule has 84 valence electrons. The lowest BCUT2D eigenvalue weighted by Gasteiger charge is -2.18. The predicted molar refractivity (Wildman–Crippen MR) is 60.9 cm³/mol. The van der Waals surface area contributed by atoms with Crippen LogP contribution in [0.3, 0.4) is 0 Å². The van der Waals surface area contributed by atoms with Crippen LogP contribution in [0.1, 0.15) is 37.3 Å². The lowest BCUT2D eigenvalue weighted by Crippen LogP contribution is -2.07. The van der Waals surface area contributed by atoms with E-state index in [0.29, 0.717) is 5.92 Å². The normalized spacial score (nSPS) is 18.0. The Morgan fingerprint density at radius 2 is 2.12 bits per heavy atom. The molecule has 1 fully saturated rings. The molecule has 0 bridgehead atoms. The Morgan fingerprint density at radius 1 is 1.38 bits per heavy atom. The first-order valence-corrected chi connectivity index (χ1v) is 5.67. The topological polar surface area (TPSA) is 49.7 Å². The van der Waals surface area contributed by atoms with Crippen molar-refractivity contribution < 1.29 is 9.90 Å². The quantitative estimate of drug-likeness (QED) is 0.625. The first-order valence-electron chi connectivity index (χ1n) is 5.67. The van der Waals surface area contributed by atoms with Gasteiger partial charge < -0.3 is 5.11 Å². The van der Waals surface area contributed by atoms with E-state index in [1.807, 2.05) is 6.07 Å². The van der Waals surface area contributed by atoms with Gasteiger partial charge in [0.25, 0.3) is 0 Å². The van der Waals surface area contributed by atoms with Crippen molar-refractivity contribution in [2.24, 2.45) is 10.9 Å². The van der Waals surface area contributed by atoms with E-state index in [2.05, 4.69) is 4.99 Å². The van der Waals surface area contributed by atoms with Crippen LogP contribution >= 0.6 is 0 Å². The van der Waals surface area contributed by atoms with Crippen molar-refractivity contribution in [1.82, 2.24) is 0 Å². The molecule has 3 heteroatoms. The van der Waals surface area contributed by atoms with E-state index >= 15 is 0 Å². The van der Waals surface area contributed by atoms with E-state index in [-0.39, 0.29) is 11.8 Å². The summed E-state index contributed by atoms with van der Waals surface area (Å²) in [6.45, 7) is 0.